The Morgan fingerprint density at radius 1 is 0.909 bits per heavy atom. The van der Waals surface area contributed by atoms with Crippen molar-refractivity contribution in [2.45, 2.75) is 13.8 Å². The predicted molar refractivity (Wildman–Crippen MR) is 88.8 cm³/mol. The summed E-state index contributed by atoms with van der Waals surface area (Å²) in [6.45, 7) is 3.60. The summed E-state index contributed by atoms with van der Waals surface area (Å²) >= 11 is 6.11. The van der Waals surface area contributed by atoms with Crippen LogP contribution in [0.4, 0.5) is 4.39 Å². The third-order valence-electron chi connectivity index (χ3n) is 3.22. The van der Waals surface area contributed by atoms with Gasteiger partial charge in [0.15, 0.2) is 11.7 Å². The Kier molecular flexibility index (Phi) is 4.78. The van der Waals surface area contributed by atoms with E-state index in [1.54, 1.807) is 25.1 Å². The zero-order valence-electron chi connectivity index (χ0n) is 12.3. The van der Waals surface area contributed by atoms with E-state index in [9.17, 15) is 4.39 Å². The van der Waals surface area contributed by atoms with E-state index < -0.39 is 5.82 Å². The Balaban J connectivity index is 2.41. The van der Waals surface area contributed by atoms with Crippen molar-refractivity contribution < 1.29 is 4.39 Å². The van der Waals surface area contributed by atoms with Crippen molar-refractivity contribution in [1.82, 2.24) is 0 Å². The van der Waals surface area contributed by atoms with Gasteiger partial charge in [-0.3, -0.25) is 0 Å². The molecule has 114 valence electrons. The van der Waals surface area contributed by atoms with Crippen molar-refractivity contribution in [1.29, 1.82) is 0 Å². The number of rotatable bonds is 3. The quantitative estimate of drug-likeness (QED) is 0.518. The molecule has 6 heteroatoms. The Hall–Kier alpha value is -2.40. The molecule has 0 bridgehead atoms. The highest BCUT2D eigenvalue weighted by atomic mass is 35.5. The molecular formula is C16H16ClFN4. The van der Waals surface area contributed by atoms with Gasteiger partial charge < -0.3 is 11.5 Å². The Labute approximate surface area is 133 Å². The topological polar surface area (TPSA) is 76.8 Å². The number of nitrogens with two attached hydrogens (primary N) is 2. The van der Waals surface area contributed by atoms with E-state index in [-0.39, 0.29) is 17.2 Å². The van der Waals surface area contributed by atoms with E-state index in [1.165, 1.54) is 6.07 Å². The van der Waals surface area contributed by atoms with E-state index >= 15 is 0 Å². The molecule has 0 amide bonds. The van der Waals surface area contributed by atoms with Crippen LogP contribution in [-0.2, 0) is 0 Å². The van der Waals surface area contributed by atoms with Gasteiger partial charge in [0.05, 0.1) is 10.6 Å². The average Bonchev–Trinajstić information content (AvgIpc) is 2.44. The van der Waals surface area contributed by atoms with Gasteiger partial charge in [-0.2, -0.15) is 0 Å². The van der Waals surface area contributed by atoms with Gasteiger partial charge in [-0.25, -0.2) is 4.39 Å². The smallest absolute Gasteiger partial charge is 0.156 e. The lowest BCUT2D eigenvalue weighted by atomic mass is 10.1. The summed E-state index contributed by atoms with van der Waals surface area (Å²) in [6, 6.07) is 10.0. The molecule has 22 heavy (non-hydrogen) atoms. The molecule has 2 aromatic carbocycles. The zero-order chi connectivity index (χ0) is 16.3. The third kappa shape index (κ3) is 3.26. The molecule has 2 aromatic rings. The van der Waals surface area contributed by atoms with Crippen molar-refractivity contribution in [3.8, 4) is 0 Å². The van der Waals surface area contributed by atoms with Crippen molar-refractivity contribution in [3.63, 3.8) is 0 Å². The van der Waals surface area contributed by atoms with E-state index in [4.69, 9.17) is 23.1 Å². The van der Waals surface area contributed by atoms with E-state index in [1.807, 2.05) is 19.1 Å². The van der Waals surface area contributed by atoms with E-state index in [0.29, 0.717) is 16.1 Å². The third-order valence-corrected chi connectivity index (χ3v) is 3.54. The summed E-state index contributed by atoms with van der Waals surface area (Å²) in [5.41, 5.74) is 14.1. The second-order valence-corrected chi connectivity index (χ2v) is 5.24. The van der Waals surface area contributed by atoms with Crippen LogP contribution < -0.4 is 11.5 Å². The minimum atomic E-state index is -0.455. The van der Waals surface area contributed by atoms with Crippen LogP contribution in [0.25, 0.3) is 0 Å². The monoisotopic (exact) mass is 318 g/mol. The molecule has 0 aromatic heterocycles. The number of halogens is 2. The second kappa shape index (κ2) is 6.58. The minimum Gasteiger partial charge on any atom is -0.382 e. The van der Waals surface area contributed by atoms with Crippen LogP contribution in [0.1, 0.15) is 22.3 Å². The van der Waals surface area contributed by atoms with Crippen molar-refractivity contribution in [2.75, 3.05) is 0 Å². The molecule has 0 unspecified atom stereocenters. The highest BCUT2D eigenvalue weighted by Gasteiger charge is 2.11. The van der Waals surface area contributed by atoms with Crippen LogP contribution >= 0.6 is 11.6 Å². The first kappa shape index (κ1) is 16.0. The largest absolute Gasteiger partial charge is 0.382 e. The first-order chi connectivity index (χ1) is 10.4. The van der Waals surface area contributed by atoms with Gasteiger partial charge in [0.25, 0.3) is 0 Å². The predicted octanol–water partition coefficient (Wildman–Crippen LogP) is 3.12. The summed E-state index contributed by atoms with van der Waals surface area (Å²) in [5.74, 6) is -0.368. The normalized spacial score (nSPS) is 12.5. The Morgan fingerprint density at radius 3 is 1.95 bits per heavy atom. The fourth-order valence-corrected chi connectivity index (χ4v) is 2.44. The summed E-state index contributed by atoms with van der Waals surface area (Å²) < 4.78 is 13.8. The summed E-state index contributed by atoms with van der Waals surface area (Å²) in [4.78, 5) is 0. The van der Waals surface area contributed by atoms with Crippen LogP contribution in [0.3, 0.4) is 0 Å². The average molecular weight is 319 g/mol. The molecule has 0 fully saturated rings. The maximum Gasteiger partial charge on any atom is 0.156 e. The molecule has 0 aliphatic rings. The van der Waals surface area contributed by atoms with Crippen molar-refractivity contribution in [3.05, 3.63) is 69.5 Å². The number of hydrogen-bond donors (Lipinski definition) is 2. The first-order valence-electron chi connectivity index (χ1n) is 6.59. The first-order valence-corrected chi connectivity index (χ1v) is 6.97. The molecule has 4 nitrogen and oxygen atoms in total. The van der Waals surface area contributed by atoms with Gasteiger partial charge in [-0.15, -0.1) is 10.2 Å². The highest BCUT2D eigenvalue weighted by Crippen LogP contribution is 2.19. The molecule has 0 heterocycles. The number of nitrogens with zero attached hydrogens (tertiary/aromatic N) is 2. The molecule has 0 saturated carbocycles. The van der Waals surface area contributed by atoms with Crippen molar-refractivity contribution >= 4 is 23.3 Å². The van der Waals surface area contributed by atoms with Crippen molar-refractivity contribution in [2.24, 2.45) is 21.7 Å². The van der Waals surface area contributed by atoms with Gasteiger partial charge in [0, 0.05) is 5.56 Å². The molecule has 0 aliphatic heterocycles. The lowest BCUT2D eigenvalue weighted by Crippen LogP contribution is -2.19. The SMILES string of the molecule is Cc1cccc(F)c1/C(N)=N/N=C(\N)c1c(C)cccc1Cl. The van der Waals surface area contributed by atoms with Crippen LogP contribution in [0.5, 0.6) is 0 Å². The molecule has 0 atom stereocenters. The highest BCUT2D eigenvalue weighted by molar-refractivity contribution is 6.34. The fraction of sp³-hybridized carbons (Fsp3) is 0.125. The number of aryl methyl sites for hydroxylation is 2. The van der Waals surface area contributed by atoms with Crippen LogP contribution in [0.15, 0.2) is 46.6 Å². The zero-order valence-corrected chi connectivity index (χ0v) is 13.0. The van der Waals surface area contributed by atoms with Crippen LogP contribution in [-0.4, -0.2) is 11.7 Å². The fourth-order valence-electron chi connectivity index (χ4n) is 2.12. The summed E-state index contributed by atoms with van der Waals surface area (Å²) in [7, 11) is 0. The lowest BCUT2D eigenvalue weighted by Gasteiger charge is -2.07. The van der Waals surface area contributed by atoms with Crippen LogP contribution in [0, 0.1) is 19.7 Å². The van der Waals surface area contributed by atoms with Gasteiger partial charge in [0.2, 0.25) is 0 Å². The maximum absolute atomic E-state index is 13.8. The number of benzene rings is 2. The summed E-state index contributed by atoms with van der Waals surface area (Å²) in [6.07, 6.45) is 0. The standard InChI is InChI=1S/C16H16ClFN4/c1-9-5-3-7-11(17)13(9)15(19)21-22-16(20)14-10(2)6-4-8-12(14)18/h3-8H,1-2H3,(H2,19,21)(H2,20,22). The molecular weight excluding hydrogens is 303 g/mol. The molecule has 0 aliphatic carbocycles. The van der Waals surface area contributed by atoms with Gasteiger partial charge >= 0.3 is 0 Å². The molecule has 0 radical (unpaired) electrons. The second-order valence-electron chi connectivity index (χ2n) is 4.83. The lowest BCUT2D eigenvalue weighted by molar-refractivity contribution is 0.623. The van der Waals surface area contributed by atoms with E-state index in [2.05, 4.69) is 10.2 Å². The van der Waals surface area contributed by atoms with Gasteiger partial charge in [-0.05, 0) is 37.1 Å². The Bertz CT molecular complexity index is 663. The molecule has 4 N–H and O–H groups in total. The molecule has 2 rings (SSSR count). The molecule has 0 spiro atoms. The Morgan fingerprint density at radius 2 is 1.41 bits per heavy atom. The summed E-state index contributed by atoms with van der Waals surface area (Å²) in [5, 5.41) is 8.18. The van der Waals surface area contributed by atoms with Gasteiger partial charge in [0.1, 0.15) is 5.82 Å². The van der Waals surface area contributed by atoms with E-state index in [0.717, 1.165) is 5.56 Å². The number of hydrogen-bond acceptors (Lipinski definition) is 2. The maximum atomic E-state index is 13.8. The van der Waals surface area contributed by atoms with Gasteiger partial charge in [-0.1, -0.05) is 35.9 Å². The molecule has 0 saturated heterocycles. The number of amidine groups is 2. The minimum absolute atomic E-state index is 0.0387. The van der Waals surface area contributed by atoms with Crippen LogP contribution in [0.2, 0.25) is 5.02 Å².